The van der Waals surface area contributed by atoms with Gasteiger partial charge in [0.25, 0.3) is 0 Å². The van der Waals surface area contributed by atoms with Gasteiger partial charge in [-0.3, -0.25) is 9.69 Å². The van der Waals surface area contributed by atoms with E-state index in [1.165, 1.54) is 12.7 Å². The third-order valence-corrected chi connectivity index (χ3v) is 5.78. The molecule has 6 nitrogen and oxygen atoms in total. The Morgan fingerprint density at radius 2 is 2.03 bits per heavy atom. The van der Waals surface area contributed by atoms with Crippen molar-refractivity contribution in [2.75, 3.05) is 13.7 Å². The quantitative estimate of drug-likeness (QED) is 0.544. The molecule has 0 N–H and O–H groups in total. The lowest BCUT2D eigenvalue weighted by Crippen LogP contribution is -2.51. The lowest BCUT2D eigenvalue weighted by atomic mass is 9.80. The largest absolute Gasteiger partial charge is 0.469 e. The highest BCUT2D eigenvalue weighted by atomic mass is 16.6. The third kappa shape index (κ3) is 3.81. The number of esters is 1. The monoisotopic (exact) mass is 420 g/mol. The molecule has 1 aromatic heterocycles. The van der Waals surface area contributed by atoms with Crippen molar-refractivity contribution in [3.8, 4) is 11.8 Å². The van der Waals surface area contributed by atoms with Crippen LogP contribution in [0.4, 0.5) is 4.79 Å². The fraction of sp³-hybridized carbons (Fsp3) is 0.440. The van der Waals surface area contributed by atoms with Crippen molar-refractivity contribution in [1.29, 1.82) is 0 Å². The summed E-state index contributed by atoms with van der Waals surface area (Å²) in [6.07, 6.45) is 4.36. The zero-order valence-corrected chi connectivity index (χ0v) is 18.7. The summed E-state index contributed by atoms with van der Waals surface area (Å²) in [5, 5.41) is 1.16. The Kier molecular flexibility index (Phi) is 5.30. The second-order valence-electron chi connectivity index (χ2n) is 9.01. The van der Waals surface area contributed by atoms with Crippen molar-refractivity contribution in [3.05, 3.63) is 41.6 Å². The molecule has 0 saturated carbocycles. The summed E-state index contributed by atoms with van der Waals surface area (Å²) in [5.41, 5.74) is 3.69. The maximum atomic E-state index is 13.1. The zero-order chi connectivity index (χ0) is 22.3. The summed E-state index contributed by atoms with van der Waals surface area (Å²) < 4.78 is 12.9. The van der Waals surface area contributed by atoms with Crippen LogP contribution >= 0.6 is 0 Å². The Morgan fingerprint density at radius 1 is 1.26 bits per heavy atom. The van der Waals surface area contributed by atoms with Crippen molar-refractivity contribution in [1.82, 2.24) is 9.47 Å². The second kappa shape index (κ2) is 7.81. The summed E-state index contributed by atoms with van der Waals surface area (Å²) in [5.74, 6) is 5.20. The van der Waals surface area contributed by atoms with E-state index in [9.17, 15) is 9.59 Å². The molecular weight excluding hydrogens is 392 g/mol. The number of benzene rings is 1. The first-order valence-corrected chi connectivity index (χ1v) is 10.5. The molecule has 0 bridgehead atoms. The molecule has 0 saturated heterocycles. The molecule has 2 aromatic rings. The topological polar surface area (TPSA) is 60.8 Å². The van der Waals surface area contributed by atoms with Gasteiger partial charge in [0.2, 0.25) is 0 Å². The van der Waals surface area contributed by atoms with Gasteiger partial charge in [0.15, 0.2) is 0 Å². The molecule has 1 unspecified atom stereocenters. The van der Waals surface area contributed by atoms with Crippen molar-refractivity contribution < 1.29 is 19.1 Å². The summed E-state index contributed by atoms with van der Waals surface area (Å²) in [4.78, 5) is 27.3. The number of aromatic nitrogens is 1. The van der Waals surface area contributed by atoms with Crippen LogP contribution in [0, 0.1) is 17.8 Å². The van der Waals surface area contributed by atoms with Crippen LogP contribution in [0.3, 0.4) is 0 Å². The van der Waals surface area contributed by atoms with Crippen LogP contribution < -0.4 is 0 Å². The molecule has 2 atom stereocenters. The number of fused-ring (bicyclic) bond motifs is 2. The number of ether oxygens (including phenoxy) is 2. The van der Waals surface area contributed by atoms with Gasteiger partial charge in [-0.1, -0.05) is 24.1 Å². The first kappa shape index (κ1) is 21.0. The van der Waals surface area contributed by atoms with Crippen LogP contribution in [0.1, 0.15) is 38.8 Å². The van der Waals surface area contributed by atoms with Gasteiger partial charge in [0.05, 0.1) is 25.6 Å². The van der Waals surface area contributed by atoms with Gasteiger partial charge in [0, 0.05) is 23.6 Å². The molecule has 1 aliphatic carbocycles. The number of carbonyl (C=O) groups excluding carboxylic acids is 2. The Bertz CT molecular complexity index is 1140. The minimum absolute atomic E-state index is 0.193. The SMILES string of the molecule is CC#CCn1cc2c3c(cccc31)C1=CC(C(=O)OC)CN(C(=O)OC(C)(C)C)[C@@H]1C2. The van der Waals surface area contributed by atoms with E-state index < -0.39 is 17.6 Å². The predicted molar refractivity (Wildman–Crippen MR) is 119 cm³/mol. The minimum atomic E-state index is -0.624. The molecule has 31 heavy (non-hydrogen) atoms. The minimum Gasteiger partial charge on any atom is -0.469 e. The van der Waals surface area contributed by atoms with Crippen LogP contribution in [0.25, 0.3) is 16.5 Å². The smallest absolute Gasteiger partial charge is 0.410 e. The van der Waals surface area contributed by atoms with E-state index in [0.29, 0.717) is 13.0 Å². The number of nitrogens with zero attached hydrogens (tertiary/aromatic N) is 2. The van der Waals surface area contributed by atoms with E-state index in [1.54, 1.807) is 4.90 Å². The van der Waals surface area contributed by atoms with E-state index >= 15 is 0 Å². The Labute approximate surface area is 182 Å². The third-order valence-electron chi connectivity index (χ3n) is 5.78. The van der Waals surface area contributed by atoms with E-state index in [2.05, 4.69) is 34.7 Å². The predicted octanol–water partition coefficient (Wildman–Crippen LogP) is 4.01. The molecule has 2 aliphatic rings. The van der Waals surface area contributed by atoms with Crippen molar-refractivity contribution in [2.45, 2.75) is 52.3 Å². The maximum absolute atomic E-state index is 13.1. The van der Waals surface area contributed by atoms with Gasteiger partial charge >= 0.3 is 12.1 Å². The fourth-order valence-electron chi connectivity index (χ4n) is 4.53. The summed E-state index contributed by atoms with van der Waals surface area (Å²) in [6, 6.07) is 5.97. The Hall–Kier alpha value is -3.20. The van der Waals surface area contributed by atoms with Gasteiger partial charge in [-0.15, -0.1) is 5.92 Å². The number of amides is 1. The average molecular weight is 421 g/mol. The normalized spacial score (nSPS) is 19.8. The van der Waals surface area contributed by atoms with Crippen LogP contribution in [0.2, 0.25) is 0 Å². The Morgan fingerprint density at radius 3 is 2.71 bits per heavy atom. The molecule has 0 spiro atoms. The number of carbonyl (C=O) groups is 2. The molecular formula is C25H28N2O4. The van der Waals surface area contributed by atoms with Crippen LogP contribution in [-0.4, -0.2) is 46.8 Å². The lowest BCUT2D eigenvalue weighted by molar-refractivity contribution is -0.144. The van der Waals surface area contributed by atoms with Crippen LogP contribution in [0.5, 0.6) is 0 Å². The van der Waals surface area contributed by atoms with Gasteiger partial charge < -0.3 is 14.0 Å². The van der Waals surface area contributed by atoms with Gasteiger partial charge in [-0.05, 0) is 56.9 Å². The molecule has 0 radical (unpaired) electrons. The highest BCUT2D eigenvalue weighted by molar-refractivity contribution is 6.00. The molecule has 2 heterocycles. The van der Waals surface area contributed by atoms with Gasteiger partial charge in [-0.25, -0.2) is 4.79 Å². The zero-order valence-electron chi connectivity index (χ0n) is 18.7. The number of hydrogen-bond donors (Lipinski definition) is 0. The molecule has 1 aliphatic heterocycles. The van der Waals surface area contributed by atoms with E-state index in [1.807, 2.05) is 39.8 Å². The number of rotatable bonds is 2. The molecule has 1 aromatic carbocycles. The van der Waals surface area contributed by atoms with Crippen molar-refractivity contribution in [2.24, 2.45) is 5.92 Å². The Balaban J connectivity index is 1.84. The first-order chi connectivity index (χ1) is 14.7. The van der Waals surface area contributed by atoms with E-state index in [4.69, 9.17) is 9.47 Å². The molecule has 1 amide bonds. The second-order valence-corrected chi connectivity index (χ2v) is 9.01. The summed E-state index contributed by atoms with van der Waals surface area (Å²) >= 11 is 0. The maximum Gasteiger partial charge on any atom is 0.410 e. The molecule has 4 rings (SSSR count). The standard InChI is InChI=1S/C25H28N2O4/c1-6-7-11-26-14-16-13-21-19(18-9-8-10-20(26)22(16)18)12-17(23(28)30-5)15-27(21)24(29)31-25(2,3)4/h8-10,12,14,17,21H,11,13,15H2,1-5H3/t17?,21-/m1/s1. The summed E-state index contributed by atoms with van der Waals surface area (Å²) in [7, 11) is 1.37. The molecule has 162 valence electrons. The van der Waals surface area contributed by atoms with Crippen molar-refractivity contribution in [3.63, 3.8) is 0 Å². The lowest BCUT2D eigenvalue weighted by Gasteiger charge is -2.41. The summed E-state index contributed by atoms with van der Waals surface area (Å²) in [6.45, 7) is 8.22. The molecule has 0 fully saturated rings. The van der Waals surface area contributed by atoms with Crippen LogP contribution in [0.15, 0.2) is 30.5 Å². The number of methoxy groups -OCH3 is 1. The average Bonchev–Trinajstić information content (AvgIpc) is 3.08. The van der Waals surface area contributed by atoms with Crippen LogP contribution in [-0.2, 0) is 27.2 Å². The van der Waals surface area contributed by atoms with Gasteiger partial charge in [0.1, 0.15) is 5.60 Å². The van der Waals surface area contributed by atoms with Gasteiger partial charge in [-0.2, -0.15) is 0 Å². The van der Waals surface area contributed by atoms with E-state index in [0.717, 1.165) is 22.0 Å². The number of hydrogen-bond acceptors (Lipinski definition) is 4. The highest BCUT2D eigenvalue weighted by Gasteiger charge is 2.41. The first-order valence-electron chi connectivity index (χ1n) is 10.5. The van der Waals surface area contributed by atoms with E-state index in [-0.39, 0.29) is 18.6 Å². The van der Waals surface area contributed by atoms with Crippen molar-refractivity contribution >= 4 is 28.5 Å². The molecule has 6 heteroatoms. The highest BCUT2D eigenvalue weighted by Crippen LogP contribution is 2.42. The fourth-order valence-corrected chi connectivity index (χ4v) is 4.53.